The van der Waals surface area contributed by atoms with Crippen molar-refractivity contribution in [1.82, 2.24) is 10.3 Å². The molecular formula is C13H19BN2O4. The lowest BCUT2D eigenvalue weighted by Crippen LogP contribution is -2.41. The topological polar surface area (TPSA) is 80.4 Å². The number of nitrogens with one attached hydrogen (secondary N) is 2. The number of pyridine rings is 1. The zero-order chi connectivity index (χ0) is 15.1. The zero-order valence-corrected chi connectivity index (χ0v) is 12.4. The summed E-state index contributed by atoms with van der Waals surface area (Å²) in [7, 11) is 0.865. The van der Waals surface area contributed by atoms with Gasteiger partial charge < -0.3 is 19.6 Å². The van der Waals surface area contributed by atoms with Gasteiger partial charge in [-0.05, 0) is 39.2 Å². The molecule has 1 fully saturated rings. The number of carbonyl (C=O) groups excluding carboxylic acids is 1. The van der Waals surface area contributed by atoms with Crippen molar-refractivity contribution in [1.29, 1.82) is 0 Å². The smallest absolute Gasteiger partial charge is 0.399 e. The minimum Gasteiger partial charge on any atom is -0.399 e. The fourth-order valence-electron chi connectivity index (χ4n) is 1.92. The van der Waals surface area contributed by atoms with Crippen LogP contribution in [0.25, 0.3) is 0 Å². The first-order chi connectivity index (χ1) is 9.18. The van der Waals surface area contributed by atoms with Crippen molar-refractivity contribution in [3.05, 3.63) is 28.2 Å². The number of carbonyl (C=O) groups is 1. The molecule has 6 nitrogen and oxygen atoms in total. The number of rotatable bonds is 2. The quantitative estimate of drug-likeness (QED) is 0.748. The van der Waals surface area contributed by atoms with Gasteiger partial charge in [0.25, 0.3) is 11.5 Å². The van der Waals surface area contributed by atoms with E-state index in [1.54, 1.807) is 0 Å². The van der Waals surface area contributed by atoms with E-state index in [1.165, 1.54) is 19.3 Å². The first-order valence-electron chi connectivity index (χ1n) is 6.48. The molecule has 0 spiro atoms. The molecule has 0 unspecified atom stereocenters. The molecule has 1 aromatic rings. The summed E-state index contributed by atoms with van der Waals surface area (Å²) < 4.78 is 11.8. The molecule has 20 heavy (non-hydrogen) atoms. The summed E-state index contributed by atoms with van der Waals surface area (Å²) in [5.41, 5.74) is -0.728. The second-order valence-corrected chi connectivity index (χ2v) is 5.84. The first kappa shape index (κ1) is 14.8. The van der Waals surface area contributed by atoms with Crippen LogP contribution in [0.3, 0.4) is 0 Å². The average molecular weight is 278 g/mol. The summed E-state index contributed by atoms with van der Waals surface area (Å²) in [5, 5.41) is 2.43. The third kappa shape index (κ3) is 2.38. The molecule has 1 saturated heterocycles. The van der Waals surface area contributed by atoms with Gasteiger partial charge in [-0.25, -0.2) is 0 Å². The van der Waals surface area contributed by atoms with E-state index in [1.807, 2.05) is 27.7 Å². The zero-order valence-electron chi connectivity index (χ0n) is 12.4. The van der Waals surface area contributed by atoms with Crippen LogP contribution < -0.4 is 16.3 Å². The van der Waals surface area contributed by atoms with Gasteiger partial charge in [0.1, 0.15) is 5.56 Å². The van der Waals surface area contributed by atoms with Crippen LogP contribution in [-0.4, -0.2) is 36.3 Å². The molecule has 2 N–H and O–H groups in total. The maximum absolute atomic E-state index is 11.6. The molecule has 1 aliphatic heterocycles. The van der Waals surface area contributed by atoms with Crippen molar-refractivity contribution in [2.45, 2.75) is 38.9 Å². The molecule has 0 radical (unpaired) electrons. The Morgan fingerprint density at radius 3 is 2.30 bits per heavy atom. The number of aromatic amines is 1. The van der Waals surface area contributed by atoms with E-state index in [0.29, 0.717) is 5.46 Å². The van der Waals surface area contributed by atoms with Crippen molar-refractivity contribution in [2.24, 2.45) is 0 Å². The molecule has 1 aromatic heterocycles. The highest BCUT2D eigenvalue weighted by molar-refractivity contribution is 6.62. The lowest BCUT2D eigenvalue weighted by atomic mass is 9.79. The van der Waals surface area contributed by atoms with Gasteiger partial charge in [-0.15, -0.1) is 0 Å². The molecule has 0 atom stereocenters. The van der Waals surface area contributed by atoms with E-state index < -0.39 is 29.8 Å². The van der Waals surface area contributed by atoms with Crippen molar-refractivity contribution in [3.8, 4) is 0 Å². The predicted octanol–water partition coefficient (Wildman–Crippen LogP) is 0.0337. The lowest BCUT2D eigenvalue weighted by molar-refractivity contribution is 0.00578. The van der Waals surface area contributed by atoms with Gasteiger partial charge in [0.15, 0.2) is 0 Å². The van der Waals surface area contributed by atoms with Crippen LogP contribution in [0, 0.1) is 0 Å². The van der Waals surface area contributed by atoms with Gasteiger partial charge in [-0.3, -0.25) is 9.59 Å². The number of amides is 1. The Morgan fingerprint density at radius 2 is 1.80 bits per heavy atom. The third-order valence-electron chi connectivity index (χ3n) is 3.92. The van der Waals surface area contributed by atoms with Gasteiger partial charge in [-0.2, -0.15) is 0 Å². The van der Waals surface area contributed by atoms with Crippen LogP contribution in [0.2, 0.25) is 0 Å². The average Bonchev–Trinajstić information content (AvgIpc) is 2.58. The minimum atomic E-state index is -0.611. The maximum atomic E-state index is 11.6. The first-order valence-corrected chi connectivity index (χ1v) is 6.48. The molecule has 7 heteroatoms. The van der Waals surface area contributed by atoms with E-state index in [4.69, 9.17) is 9.31 Å². The molecular weight excluding hydrogens is 259 g/mol. The SMILES string of the molecule is CNC(=O)c1cc(B2OC(C)(C)C(C)(C)O2)c[nH]c1=O. The van der Waals surface area contributed by atoms with Crippen molar-refractivity contribution in [3.63, 3.8) is 0 Å². The van der Waals surface area contributed by atoms with Crippen LogP contribution in [0.1, 0.15) is 38.1 Å². The highest BCUT2D eigenvalue weighted by Crippen LogP contribution is 2.36. The summed E-state index contributed by atoms with van der Waals surface area (Å²) in [6, 6.07) is 1.50. The van der Waals surface area contributed by atoms with Crippen LogP contribution in [0.15, 0.2) is 17.1 Å². The van der Waals surface area contributed by atoms with Crippen molar-refractivity contribution < 1.29 is 14.1 Å². The molecule has 0 aromatic carbocycles. The molecule has 0 aliphatic carbocycles. The van der Waals surface area contributed by atoms with E-state index in [2.05, 4.69) is 10.3 Å². The molecule has 2 rings (SSSR count). The number of hydrogen-bond donors (Lipinski definition) is 2. The number of aromatic nitrogens is 1. The summed E-state index contributed by atoms with van der Waals surface area (Å²) in [6.07, 6.45) is 1.51. The highest BCUT2D eigenvalue weighted by atomic mass is 16.7. The maximum Gasteiger partial charge on any atom is 0.496 e. The normalized spacial score (nSPS) is 19.9. The van der Waals surface area contributed by atoms with Crippen molar-refractivity contribution in [2.75, 3.05) is 7.05 Å². The summed E-state index contributed by atoms with van der Waals surface area (Å²) in [4.78, 5) is 25.8. The van der Waals surface area contributed by atoms with E-state index in [9.17, 15) is 9.59 Å². The number of hydrogen-bond acceptors (Lipinski definition) is 4. The second kappa shape index (κ2) is 4.75. The van der Waals surface area contributed by atoms with E-state index in [0.717, 1.165) is 0 Å². The van der Waals surface area contributed by atoms with Gasteiger partial charge in [0, 0.05) is 13.2 Å². The Hall–Kier alpha value is -1.60. The Balaban J connectivity index is 2.37. The molecule has 2 heterocycles. The standard InChI is InChI=1S/C13H19BN2O4/c1-12(2)13(3,4)20-14(19-12)8-6-9(10(17)15-5)11(18)16-7-8/h6-7H,1-5H3,(H,15,17)(H,16,18). The van der Waals surface area contributed by atoms with Crippen LogP contribution in [0.4, 0.5) is 0 Å². The fraction of sp³-hybridized carbons (Fsp3) is 0.538. The Labute approximate surface area is 118 Å². The second-order valence-electron chi connectivity index (χ2n) is 5.84. The van der Waals surface area contributed by atoms with Gasteiger partial charge >= 0.3 is 7.12 Å². The molecule has 0 saturated carbocycles. The third-order valence-corrected chi connectivity index (χ3v) is 3.92. The molecule has 0 bridgehead atoms. The Kier molecular flexibility index (Phi) is 3.52. The lowest BCUT2D eigenvalue weighted by Gasteiger charge is -2.32. The Morgan fingerprint density at radius 1 is 1.25 bits per heavy atom. The van der Waals surface area contributed by atoms with Crippen molar-refractivity contribution >= 4 is 18.5 Å². The van der Waals surface area contributed by atoms with E-state index >= 15 is 0 Å². The fourth-order valence-corrected chi connectivity index (χ4v) is 1.92. The molecule has 1 aliphatic rings. The summed E-state index contributed by atoms with van der Waals surface area (Å²) in [5.74, 6) is -0.440. The van der Waals surface area contributed by atoms with Crippen LogP contribution in [-0.2, 0) is 9.31 Å². The molecule has 108 valence electrons. The Bertz CT molecular complexity index is 578. The van der Waals surface area contributed by atoms with Crippen LogP contribution >= 0.6 is 0 Å². The predicted molar refractivity (Wildman–Crippen MR) is 76.2 cm³/mol. The molecule has 1 amide bonds. The minimum absolute atomic E-state index is 0.0414. The van der Waals surface area contributed by atoms with Gasteiger partial charge in [0.05, 0.1) is 11.2 Å². The largest absolute Gasteiger partial charge is 0.496 e. The van der Waals surface area contributed by atoms with Gasteiger partial charge in [-0.1, -0.05) is 0 Å². The van der Waals surface area contributed by atoms with Gasteiger partial charge in [0.2, 0.25) is 0 Å². The summed E-state index contributed by atoms with van der Waals surface area (Å²) in [6.45, 7) is 7.77. The monoisotopic (exact) mass is 278 g/mol. The van der Waals surface area contributed by atoms with E-state index in [-0.39, 0.29) is 5.56 Å². The highest BCUT2D eigenvalue weighted by Gasteiger charge is 2.51. The summed E-state index contributed by atoms with van der Waals surface area (Å²) >= 11 is 0. The van der Waals surface area contributed by atoms with Crippen LogP contribution in [0.5, 0.6) is 0 Å². The number of H-pyrrole nitrogens is 1.